The first-order valence-electron chi connectivity index (χ1n) is 4.48. The standard InChI is InChI=1S/C9H18OS/c1-4-5-6-8(2)11-9(3)7-10-9/h8H,4-7H2,1-3H3. The fraction of sp³-hybridized carbons (Fsp3) is 1.00. The summed E-state index contributed by atoms with van der Waals surface area (Å²) in [5.41, 5.74) is 0. The highest BCUT2D eigenvalue weighted by Crippen LogP contribution is 2.42. The zero-order valence-corrected chi connectivity index (χ0v) is 8.54. The maximum Gasteiger partial charge on any atom is 0.134 e. The molecule has 0 bridgehead atoms. The molecule has 1 fully saturated rings. The first-order chi connectivity index (χ1) is 5.16. The zero-order chi connectivity index (χ0) is 8.32. The Bertz CT molecular complexity index is 121. The van der Waals surface area contributed by atoms with Crippen LogP contribution in [0.15, 0.2) is 0 Å². The minimum atomic E-state index is 0.188. The van der Waals surface area contributed by atoms with Crippen LogP contribution in [-0.4, -0.2) is 16.8 Å². The van der Waals surface area contributed by atoms with Crippen molar-refractivity contribution in [2.75, 3.05) is 6.61 Å². The molecular weight excluding hydrogens is 156 g/mol. The third-order valence-corrected chi connectivity index (χ3v) is 3.34. The molecule has 1 saturated heterocycles. The van der Waals surface area contributed by atoms with Gasteiger partial charge in [-0.2, -0.15) is 0 Å². The van der Waals surface area contributed by atoms with Crippen molar-refractivity contribution in [1.29, 1.82) is 0 Å². The monoisotopic (exact) mass is 174 g/mol. The predicted molar refractivity (Wildman–Crippen MR) is 50.9 cm³/mol. The SMILES string of the molecule is CCCCC(C)SC1(C)CO1. The average Bonchev–Trinajstić information content (AvgIpc) is 2.63. The normalized spacial score (nSPS) is 31.9. The second-order valence-electron chi connectivity index (χ2n) is 3.49. The number of epoxide rings is 1. The smallest absolute Gasteiger partial charge is 0.134 e. The lowest BCUT2D eigenvalue weighted by atomic mass is 10.2. The Labute approximate surface area is 73.9 Å². The Hall–Kier alpha value is 0.310. The summed E-state index contributed by atoms with van der Waals surface area (Å²) in [7, 11) is 0. The van der Waals surface area contributed by atoms with E-state index in [-0.39, 0.29) is 4.93 Å². The molecular formula is C9H18OS. The summed E-state index contributed by atoms with van der Waals surface area (Å²) in [4.78, 5) is 0.188. The Morgan fingerprint density at radius 3 is 2.73 bits per heavy atom. The average molecular weight is 174 g/mol. The van der Waals surface area contributed by atoms with Crippen molar-refractivity contribution >= 4 is 11.8 Å². The number of thioether (sulfide) groups is 1. The van der Waals surface area contributed by atoms with E-state index in [1.54, 1.807) is 0 Å². The van der Waals surface area contributed by atoms with E-state index >= 15 is 0 Å². The van der Waals surface area contributed by atoms with E-state index in [0.717, 1.165) is 11.9 Å². The molecule has 0 N–H and O–H groups in total. The lowest BCUT2D eigenvalue weighted by Crippen LogP contribution is -2.06. The molecule has 0 aliphatic carbocycles. The maximum absolute atomic E-state index is 5.31. The van der Waals surface area contributed by atoms with Crippen molar-refractivity contribution in [3.8, 4) is 0 Å². The maximum atomic E-state index is 5.31. The summed E-state index contributed by atoms with van der Waals surface area (Å²) in [6, 6.07) is 0. The van der Waals surface area contributed by atoms with Gasteiger partial charge in [-0.05, 0) is 13.3 Å². The lowest BCUT2D eigenvalue weighted by molar-refractivity contribution is 0.400. The van der Waals surface area contributed by atoms with Gasteiger partial charge in [0.1, 0.15) is 4.93 Å². The van der Waals surface area contributed by atoms with Gasteiger partial charge < -0.3 is 4.74 Å². The van der Waals surface area contributed by atoms with E-state index in [1.807, 2.05) is 11.8 Å². The summed E-state index contributed by atoms with van der Waals surface area (Å²) in [5, 5.41) is 0.766. The number of unbranched alkanes of at least 4 members (excludes halogenated alkanes) is 1. The summed E-state index contributed by atoms with van der Waals surface area (Å²) in [6.07, 6.45) is 3.99. The number of hydrogen-bond acceptors (Lipinski definition) is 2. The zero-order valence-electron chi connectivity index (χ0n) is 7.72. The highest BCUT2D eigenvalue weighted by molar-refractivity contribution is 8.01. The highest BCUT2D eigenvalue weighted by atomic mass is 32.2. The van der Waals surface area contributed by atoms with Gasteiger partial charge in [0.15, 0.2) is 0 Å². The van der Waals surface area contributed by atoms with Gasteiger partial charge in [-0.15, -0.1) is 11.8 Å². The van der Waals surface area contributed by atoms with Gasteiger partial charge in [-0.3, -0.25) is 0 Å². The first-order valence-corrected chi connectivity index (χ1v) is 5.36. The van der Waals surface area contributed by atoms with E-state index in [0.29, 0.717) is 0 Å². The molecule has 0 amide bonds. The van der Waals surface area contributed by atoms with Crippen LogP contribution in [0.4, 0.5) is 0 Å². The third-order valence-electron chi connectivity index (χ3n) is 1.97. The van der Waals surface area contributed by atoms with Crippen LogP contribution in [0.2, 0.25) is 0 Å². The van der Waals surface area contributed by atoms with Gasteiger partial charge in [0, 0.05) is 5.25 Å². The molecule has 0 aromatic rings. The van der Waals surface area contributed by atoms with Crippen molar-refractivity contribution in [2.45, 2.75) is 50.2 Å². The summed E-state index contributed by atoms with van der Waals surface area (Å²) >= 11 is 1.99. The van der Waals surface area contributed by atoms with Gasteiger partial charge in [0.05, 0.1) is 6.61 Å². The molecule has 0 aromatic carbocycles. The topological polar surface area (TPSA) is 12.5 Å². The van der Waals surface area contributed by atoms with E-state index in [4.69, 9.17) is 4.74 Å². The number of ether oxygens (including phenoxy) is 1. The highest BCUT2D eigenvalue weighted by Gasteiger charge is 2.40. The fourth-order valence-corrected chi connectivity index (χ4v) is 2.48. The van der Waals surface area contributed by atoms with Crippen LogP contribution >= 0.6 is 11.8 Å². The molecule has 0 spiro atoms. The molecule has 0 radical (unpaired) electrons. The van der Waals surface area contributed by atoms with Crippen LogP contribution in [0.5, 0.6) is 0 Å². The minimum absolute atomic E-state index is 0.188. The third kappa shape index (κ3) is 3.48. The molecule has 2 unspecified atom stereocenters. The van der Waals surface area contributed by atoms with Gasteiger partial charge in [0.25, 0.3) is 0 Å². The van der Waals surface area contributed by atoms with Crippen molar-refractivity contribution in [3.63, 3.8) is 0 Å². The molecule has 1 nitrogen and oxygen atoms in total. The molecule has 2 heteroatoms. The molecule has 1 heterocycles. The molecule has 1 rings (SSSR count). The van der Waals surface area contributed by atoms with Gasteiger partial charge in [-0.1, -0.05) is 26.7 Å². The second kappa shape index (κ2) is 3.81. The van der Waals surface area contributed by atoms with Crippen LogP contribution < -0.4 is 0 Å². The van der Waals surface area contributed by atoms with Crippen molar-refractivity contribution < 1.29 is 4.74 Å². The fourth-order valence-electron chi connectivity index (χ4n) is 1.15. The van der Waals surface area contributed by atoms with Crippen LogP contribution in [0.3, 0.4) is 0 Å². The van der Waals surface area contributed by atoms with Crippen molar-refractivity contribution in [2.24, 2.45) is 0 Å². The molecule has 1 aliphatic heterocycles. The minimum Gasteiger partial charge on any atom is -0.358 e. The van der Waals surface area contributed by atoms with E-state index < -0.39 is 0 Å². The number of rotatable bonds is 5. The molecule has 11 heavy (non-hydrogen) atoms. The van der Waals surface area contributed by atoms with Crippen molar-refractivity contribution in [1.82, 2.24) is 0 Å². The molecule has 0 aromatic heterocycles. The number of hydrogen-bond donors (Lipinski definition) is 0. The first kappa shape index (κ1) is 9.40. The second-order valence-corrected chi connectivity index (χ2v) is 5.40. The molecule has 0 saturated carbocycles. The van der Waals surface area contributed by atoms with E-state index in [1.165, 1.54) is 19.3 Å². The van der Waals surface area contributed by atoms with Gasteiger partial charge in [-0.25, -0.2) is 0 Å². The van der Waals surface area contributed by atoms with E-state index in [2.05, 4.69) is 20.8 Å². The van der Waals surface area contributed by atoms with Crippen LogP contribution in [0.1, 0.15) is 40.0 Å². The van der Waals surface area contributed by atoms with Gasteiger partial charge >= 0.3 is 0 Å². The predicted octanol–water partition coefficient (Wildman–Crippen LogP) is 3.04. The Kier molecular flexibility index (Phi) is 3.26. The Morgan fingerprint density at radius 1 is 1.64 bits per heavy atom. The molecule has 1 aliphatic rings. The summed E-state index contributed by atoms with van der Waals surface area (Å²) < 4.78 is 5.31. The summed E-state index contributed by atoms with van der Waals surface area (Å²) in [6.45, 7) is 7.67. The van der Waals surface area contributed by atoms with Crippen molar-refractivity contribution in [3.05, 3.63) is 0 Å². The van der Waals surface area contributed by atoms with Crippen LogP contribution in [0.25, 0.3) is 0 Å². The summed E-state index contributed by atoms with van der Waals surface area (Å²) in [5.74, 6) is 0. The molecule has 66 valence electrons. The van der Waals surface area contributed by atoms with Crippen LogP contribution in [-0.2, 0) is 4.74 Å². The Morgan fingerprint density at radius 2 is 2.27 bits per heavy atom. The van der Waals surface area contributed by atoms with Gasteiger partial charge in [0.2, 0.25) is 0 Å². The quantitative estimate of drug-likeness (QED) is 0.594. The van der Waals surface area contributed by atoms with E-state index in [9.17, 15) is 0 Å². The Balaban J connectivity index is 2.05. The largest absolute Gasteiger partial charge is 0.358 e. The van der Waals surface area contributed by atoms with Crippen LogP contribution in [0, 0.1) is 0 Å². The molecule has 2 atom stereocenters. The lowest BCUT2D eigenvalue weighted by Gasteiger charge is -2.12.